The number of Topliss-reactive ketones (excluding diaryl/α,β-unsaturated/α-hetero) is 1. The number of amides is 7. The lowest BCUT2D eigenvalue weighted by Crippen LogP contribution is -2.63. The van der Waals surface area contributed by atoms with Gasteiger partial charge in [-0.15, -0.1) is 18.9 Å². The van der Waals surface area contributed by atoms with Gasteiger partial charge in [-0.05, 0) is 65.6 Å². The van der Waals surface area contributed by atoms with E-state index in [1.54, 1.807) is 4.90 Å². The number of rotatable bonds is 14. The normalized spacial score (nSPS) is 25.5. The molecule has 56 heavy (non-hydrogen) atoms. The molecule has 0 aromatic rings. The average Bonchev–Trinajstić information content (AvgIpc) is 3.64. The van der Waals surface area contributed by atoms with E-state index in [-0.39, 0.29) is 73.7 Å². The van der Waals surface area contributed by atoms with E-state index in [1.165, 1.54) is 11.0 Å². The molecule has 1 unspecified atom stereocenters. The van der Waals surface area contributed by atoms with Crippen molar-refractivity contribution >= 4 is 41.4 Å². The summed E-state index contributed by atoms with van der Waals surface area (Å²) in [5, 5.41) is 11.4. The molecule has 0 bridgehead atoms. The molecule has 6 atom stereocenters. The van der Waals surface area contributed by atoms with Gasteiger partial charge in [-0.3, -0.25) is 33.7 Å². The standard InChI is InChI=1S/C43H66N6O7/c1-11-13-17-29(34(52)37(54)44-22-12-2)45-36(53)33-27-18-21-42(8,9)28(27)25-49(33)38(55)35(43(10)19-15-14-16-20-43)47-39(56)46-30(40(3,4)5)26-48-31(50)23-41(6,7)24-32(48)51/h1,12,27-30,33,35H,2,13-26H2,3-10H3,(H,44,54)(H,45,53)(H2,46,47,56)/t27-,28-,29?,30+,33-,35+/m0/s1. The van der Waals surface area contributed by atoms with Crippen LogP contribution in [-0.4, -0.2) is 95.0 Å². The molecule has 2 saturated carbocycles. The van der Waals surface area contributed by atoms with Crippen LogP contribution in [0.2, 0.25) is 0 Å². The van der Waals surface area contributed by atoms with Crippen molar-refractivity contribution in [3.8, 4) is 12.3 Å². The van der Waals surface area contributed by atoms with Crippen LogP contribution in [0.4, 0.5) is 4.79 Å². The van der Waals surface area contributed by atoms with Gasteiger partial charge in [0.05, 0.1) is 12.1 Å². The summed E-state index contributed by atoms with van der Waals surface area (Å²) in [6.45, 7) is 19.8. The topological polar surface area (TPSA) is 174 Å². The van der Waals surface area contributed by atoms with Gasteiger partial charge in [0.15, 0.2) is 0 Å². The summed E-state index contributed by atoms with van der Waals surface area (Å²) in [5.41, 5.74) is -1.80. The first kappa shape index (κ1) is 44.5. The molecule has 4 fully saturated rings. The Kier molecular flexibility index (Phi) is 13.9. The first-order chi connectivity index (χ1) is 26.0. The minimum absolute atomic E-state index is 0.00145. The highest BCUT2D eigenvalue weighted by Crippen LogP contribution is 2.53. The second-order valence-corrected chi connectivity index (χ2v) is 19.5. The van der Waals surface area contributed by atoms with Crippen LogP contribution in [-0.2, 0) is 28.8 Å². The van der Waals surface area contributed by atoms with Gasteiger partial charge in [0.2, 0.25) is 29.4 Å². The third-order valence-corrected chi connectivity index (χ3v) is 13.0. The van der Waals surface area contributed by atoms with Crippen LogP contribution < -0.4 is 21.3 Å². The molecule has 2 aliphatic heterocycles. The Morgan fingerprint density at radius 2 is 1.57 bits per heavy atom. The maximum absolute atomic E-state index is 15.1. The Labute approximate surface area is 333 Å². The van der Waals surface area contributed by atoms with Crippen LogP contribution in [0.3, 0.4) is 0 Å². The zero-order chi connectivity index (χ0) is 41.8. The number of imide groups is 1. The average molecular weight is 779 g/mol. The van der Waals surface area contributed by atoms with E-state index in [9.17, 15) is 28.8 Å². The van der Waals surface area contributed by atoms with Crippen molar-refractivity contribution < 1.29 is 33.6 Å². The third kappa shape index (κ3) is 10.2. The summed E-state index contributed by atoms with van der Waals surface area (Å²) >= 11 is 0. The van der Waals surface area contributed by atoms with Crippen LogP contribution in [0.1, 0.15) is 126 Å². The molecule has 4 aliphatic rings. The molecule has 310 valence electrons. The molecule has 13 nitrogen and oxygen atoms in total. The monoisotopic (exact) mass is 778 g/mol. The Hall–Kier alpha value is -4.21. The van der Waals surface area contributed by atoms with Crippen LogP contribution >= 0.6 is 0 Å². The maximum Gasteiger partial charge on any atom is 0.315 e. The number of likely N-dealkylation sites (tertiary alicyclic amines) is 2. The number of fused-ring (bicyclic) bond motifs is 1. The molecule has 0 radical (unpaired) electrons. The number of hydrogen-bond acceptors (Lipinski definition) is 7. The van der Waals surface area contributed by atoms with Gasteiger partial charge >= 0.3 is 6.03 Å². The number of hydrogen-bond donors (Lipinski definition) is 4. The molecule has 7 amide bonds. The summed E-state index contributed by atoms with van der Waals surface area (Å²) in [6, 6.07) is -4.35. The van der Waals surface area contributed by atoms with Crippen LogP contribution in [0.5, 0.6) is 0 Å². The van der Waals surface area contributed by atoms with Crippen molar-refractivity contribution in [3.63, 3.8) is 0 Å². The summed E-state index contributed by atoms with van der Waals surface area (Å²) in [7, 11) is 0. The first-order valence-corrected chi connectivity index (χ1v) is 20.4. The minimum atomic E-state index is -1.19. The van der Waals surface area contributed by atoms with Crippen LogP contribution in [0.15, 0.2) is 12.7 Å². The number of ketones is 1. The van der Waals surface area contributed by atoms with E-state index >= 15 is 4.79 Å². The lowest BCUT2D eigenvalue weighted by atomic mass is 9.70. The Morgan fingerprint density at radius 1 is 0.946 bits per heavy atom. The molecule has 0 spiro atoms. The van der Waals surface area contributed by atoms with Gasteiger partial charge < -0.3 is 26.2 Å². The van der Waals surface area contributed by atoms with Crippen LogP contribution in [0, 0.1) is 45.8 Å². The number of urea groups is 1. The zero-order valence-electron chi connectivity index (χ0n) is 35.0. The molecule has 4 N–H and O–H groups in total. The number of carbonyl (C=O) groups excluding carboxylic acids is 7. The third-order valence-electron chi connectivity index (χ3n) is 13.0. The predicted molar refractivity (Wildman–Crippen MR) is 213 cm³/mol. The number of carbonyl (C=O) groups is 7. The van der Waals surface area contributed by atoms with Crippen molar-refractivity contribution in [3.05, 3.63) is 12.7 Å². The van der Waals surface area contributed by atoms with Crippen LogP contribution in [0.25, 0.3) is 0 Å². The smallest absolute Gasteiger partial charge is 0.315 e. The summed E-state index contributed by atoms with van der Waals surface area (Å²) < 4.78 is 0. The fourth-order valence-electron chi connectivity index (χ4n) is 9.36. The molecule has 2 aliphatic carbocycles. The van der Waals surface area contributed by atoms with E-state index in [4.69, 9.17) is 6.42 Å². The molecule has 0 aromatic carbocycles. The Bertz CT molecular complexity index is 1580. The van der Waals surface area contributed by atoms with Gasteiger partial charge in [0.25, 0.3) is 5.91 Å². The lowest BCUT2D eigenvalue weighted by molar-refractivity contribution is -0.153. The highest BCUT2D eigenvalue weighted by Gasteiger charge is 2.58. The highest BCUT2D eigenvalue weighted by atomic mass is 16.2. The van der Waals surface area contributed by atoms with Crippen molar-refractivity contribution in [2.24, 2.45) is 33.5 Å². The molecule has 2 heterocycles. The SMILES string of the molecule is C#CCCC(NC(=O)[C@@H]1[C@H]2CCC(C)(C)[C@H]2CN1C(=O)[C@@H](NC(=O)N[C@H](CN1C(=O)CC(C)(C)CC1=O)C(C)(C)C)C1(C)CCCCC1)C(=O)C(=O)NCC=C. The summed E-state index contributed by atoms with van der Waals surface area (Å²) in [4.78, 5) is 98.8. The molecule has 2 saturated heterocycles. The maximum atomic E-state index is 15.1. The number of piperidine rings is 1. The molecular formula is C43H66N6O7. The lowest BCUT2D eigenvalue weighted by Gasteiger charge is -2.43. The van der Waals surface area contributed by atoms with Gasteiger partial charge in [-0.25, -0.2) is 4.79 Å². The van der Waals surface area contributed by atoms with E-state index in [1.807, 2.05) is 41.5 Å². The second kappa shape index (κ2) is 17.5. The van der Waals surface area contributed by atoms with E-state index in [0.717, 1.165) is 25.7 Å². The van der Waals surface area contributed by atoms with Crippen molar-refractivity contribution in [2.45, 2.75) is 150 Å². The number of nitrogens with one attached hydrogen (secondary N) is 4. The van der Waals surface area contributed by atoms with Gasteiger partial charge in [0.1, 0.15) is 12.1 Å². The fraction of sp³-hybridized carbons (Fsp3) is 0.744. The van der Waals surface area contributed by atoms with Crippen molar-refractivity contribution in [1.82, 2.24) is 31.1 Å². The highest BCUT2D eigenvalue weighted by molar-refractivity contribution is 6.38. The molecular weight excluding hydrogens is 713 g/mol. The molecule has 4 rings (SSSR count). The Morgan fingerprint density at radius 3 is 2.14 bits per heavy atom. The molecule has 0 aromatic heterocycles. The number of terminal acetylenes is 1. The zero-order valence-corrected chi connectivity index (χ0v) is 35.0. The number of nitrogens with zero attached hydrogens (tertiary/aromatic N) is 2. The first-order valence-electron chi connectivity index (χ1n) is 20.4. The summed E-state index contributed by atoms with van der Waals surface area (Å²) in [5.74, 6) is -0.883. The summed E-state index contributed by atoms with van der Waals surface area (Å²) in [6.07, 6.45) is 13.3. The van der Waals surface area contributed by atoms with Crippen molar-refractivity contribution in [2.75, 3.05) is 19.6 Å². The Balaban J connectivity index is 1.64. The fourth-order valence-corrected chi connectivity index (χ4v) is 9.36. The van der Waals surface area contributed by atoms with Gasteiger partial charge in [0, 0.05) is 38.9 Å². The van der Waals surface area contributed by atoms with E-state index in [0.29, 0.717) is 25.8 Å². The van der Waals surface area contributed by atoms with Gasteiger partial charge in [-0.1, -0.05) is 80.7 Å². The van der Waals surface area contributed by atoms with E-state index in [2.05, 4.69) is 47.6 Å². The minimum Gasteiger partial charge on any atom is -0.346 e. The van der Waals surface area contributed by atoms with Crippen molar-refractivity contribution in [1.29, 1.82) is 0 Å². The largest absolute Gasteiger partial charge is 0.346 e. The predicted octanol–water partition coefficient (Wildman–Crippen LogP) is 4.25. The quantitative estimate of drug-likeness (QED) is 0.0884. The van der Waals surface area contributed by atoms with E-state index < -0.39 is 64.0 Å². The van der Waals surface area contributed by atoms with Gasteiger partial charge in [-0.2, -0.15) is 0 Å². The second-order valence-electron chi connectivity index (χ2n) is 19.5. The molecule has 13 heteroatoms.